The lowest BCUT2D eigenvalue weighted by Gasteiger charge is -2.21. The summed E-state index contributed by atoms with van der Waals surface area (Å²) in [5.74, 6) is 2.09. The van der Waals surface area contributed by atoms with Crippen molar-refractivity contribution in [3.05, 3.63) is 23.3 Å². The van der Waals surface area contributed by atoms with Gasteiger partial charge in [-0.05, 0) is 38.1 Å². The van der Waals surface area contributed by atoms with E-state index in [-0.39, 0.29) is 12.2 Å². The smallest absolute Gasteiger partial charge is 0.165 e. The summed E-state index contributed by atoms with van der Waals surface area (Å²) in [6.07, 6.45) is 2.32. The number of benzene rings is 1. The number of rotatable bonds is 4. The summed E-state index contributed by atoms with van der Waals surface area (Å²) in [5.41, 5.74) is 2.65. The van der Waals surface area contributed by atoms with Crippen molar-refractivity contribution in [3.8, 4) is 11.5 Å². The molecule has 4 nitrogen and oxygen atoms in total. The lowest BCUT2D eigenvalue weighted by molar-refractivity contribution is 0.0876. The molecule has 0 aromatic heterocycles. The molecule has 0 aliphatic carbocycles. The monoisotopic (exact) mass is 291 g/mol. The first-order valence-electron chi connectivity index (χ1n) is 7.87. The number of aliphatic hydroxyl groups is 1. The fourth-order valence-corrected chi connectivity index (χ4v) is 3.57. The van der Waals surface area contributed by atoms with Crippen molar-refractivity contribution in [1.82, 2.24) is 4.90 Å². The van der Waals surface area contributed by atoms with Crippen molar-refractivity contribution in [2.45, 2.75) is 50.9 Å². The molecule has 0 bridgehead atoms. The molecule has 1 aromatic carbocycles. The molecule has 2 aliphatic heterocycles. The lowest BCUT2D eigenvalue weighted by Crippen LogP contribution is -2.26. The van der Waals surface area contributed by atoms with Gasteiger partial charge in [0.25, 0.3) is 0 Å². The molecule has 116 valence electrons. The first-order chi connectivity index (χ1) is 10.1. The van der Waals surface area contributed by atoms with E-state index in [1.165, 1.54) is 11.1 Å². The second-order valence-electron chi connectivity index (χ2n) is 6.26. The van der Waals surface area contributed by atoms with E-state index in [1.807, 2.05) is 13.0 Å². The highest BCUT2D eigenvalue weighted by atomic mass is 16.5. The summed E-state index contributed by atoms with van der Waals surface area (Å²) in [5, 5.41) is 10.0. The second-order valence-corrected chi connectivity index (χ2v) is 6.26. The average molecular weight is 291 g/mol. The molecule has 3 rings (SSSR count). The topological polar surface area (TPSA) is 41.9 Å². The van der Waals surface area contributed by atoms with Crippen molar-refractivity contribution in [2.24, 2.45) is 0 Å². The van der Waals surface area contributed by atoms with Gasteiger partial charge in [0.05, 0.1) is 13.2 Å². The number of ether oxygens (including phenoxy) is 2. The van der Waals surface area contributed by atoms with Crippen molar-refractivity contribution in [2.75, 3.05) is 20.7 Å². The van der Waals surface area contributed by atoms with Gasteiger partial charge in [0.1, 0.15) is 6.10 Å². The Morgan fingerprint density at radius 1 is 1.48 bits per heavy atom. The molecule has 3 atom stereocenters. The van der Waals surface area contributed by atoms with E-state index in [1.54, 1.807) is 7.11 Å². The highest BCUT2D eigenvalue weighted by Crippen LogP contribution is 2.50. The van der Waals surface area contributed by atoms with E-state index >= 15 is 0 Å². The van der Waals surface area contributed by atoms with Gasteiger partial charge in [0.15, 0.2) is 11.5 Å². The number of aliphatic hydroxyl groups excluding tert-OH is 1. The Balaban J connectivity index is 1.98. The Labute approximate surface area is 126 Å². The summed E-state index contributed by atoms with van der Waals surface area (Å²) in [6.45, 7) is 4.03. The van der Waals surface area contributed by atoms with Crippen LogP contribution in [-0.4, -0.2) is 42.9 Å². The lowest BCUT2D eigenvalue weighted by atomic mass is 9.87. The largest absolute Gasteiger partial charge is 0.493 e. The molecule has 21 heavy (non-hydrogen) atoms. The first kappa shape index (κ1) is 14.7. The third kappa shape index (κ3) is 2.62. The molecular weight excluding hydrogens is 266 g/mol. The molecule has 1 N–H and O–H groups in total. The highest BCUT2D eigenvalue weighted by Gasteiger charge is 2.40. The van der Waals surface area contributed by atoms with Gasteiger partial charge in [-0.3, -0.25) is 0 Å². The Morgan fingerprint density at radius 2 is 2.29 bits per heavy atom. The van der Waals surface area contributed by atoms with Crippen molar-refractivity contribution >= 4 is 0 Å². The van der Waals surface area contributed by atoms with Gasteiger partial charge in [-0.2, -0.15) is 0 Å². The third-order valence-electron chi connectivity index (χ3n) is 4.80. The van der Waals surface area contributed by atoms with Gasteiger partial charge in [-0.25, -0.2) is 0 Å². The quantitative estimate of drug-likeness (QED) is 0.925. The minimum absolute atomic E-state index is 0.0662. The van der Waals surface area contributed by atoms with Gasteiger partial charge in [-0.1, -0.05) is 13.0 Å². The van der Waals surface area contributed by atoms with Gasteiger partial charge in [0.2, 0.25) is 0 Å². The van der Waals surface area contributed by atoms with Crippen molar-refractivity contribution in [1.29, 1.82) is 0 Å². The molecular formula is C17H25NO3. The molecule has 0 unspecified atom stereocenters. The zero-order valence-corrected chi connectivity index (χ0v) is 13.1. The van der Waals surface area contributed by atoms with Crippen molar-refractivity contribution in [3.63, 3.8) is 0 Å². The average Bonchev–Trinajstić information content (AvgIpc) is 2.74. The van der Waals surface area contributed by atoms with E-state index in [4.69, 9.17) is 9.47 Å². The maximum absolute atomic E-state index is 10.0. The molecule has 0 saturated heterocycles. The maximum Gasteiger partial charge on any atom is 0.165 e. The van der Waals surface area contributed by atoms with Gasteiger partial charge >= 0.3 is 0 Å². The molecule has 0 amide bonds. The van der Waals surface area contributed by atoms with E-state index < -0.39 is 0 Å². The van der Waals surface area contributed by atoms with Crippen LogP contribution in [0.4, 0.5) is 0 Å². The van der Waals surface area contributed by atoms with Crippen LogP contribution in [0.15, 0.2) is 12.1 Å². The predicted molar refractivity (Wildman–Crippen MR) is 82.0 cm³/mol. The fraction of sp³-hybridized carbons (Fsp3) is 0.647. The van der Waals surface area contributed by atoms with Crippen LogP contribution in [0.25, 0.3) is 0 Å². The van der Waals surface area contributed by atoms with Crippen LogP contribution >= 0.6 is 0 Å². The molecule has 1 aromatic rings. The number of hydrogen-bond acceptors (Lipinski definition) is 4. The third-order valence-corrected chi connectivity index (χ3v) is 4.80. The Morgan fingerprint density at radius 3 is 3.00 bits per heavy atom. The van der Waals surface area contributed by atoms with Crippen LogP contribution in [0.3, 0.4) is 0 Å². The Bertz CT molecular complexity index is 517. The number of methoxy groups -OCH3 is 1. The zero-order valence-electron chi connectivity index (χ0n) is 13.1. The SMILES string of the molecule is CC[C@H](O)C[C@@H]1Oc2c(OC)ccc3c2[C@H]1CCN(C)C3. The fourth-order valence-electron chi connectivity index (χ4n) is 3.57. The van der Waals surface area contributed by atoms with Gasteiger partial charge < -0.3 is 19.5 Å². The predicted octanol–water partition coefficient (Wildman–Crippen LogP) is 2.54. The second kappa shape index (κ2) is 5.85. The van der Waals surface area contributed by atoms with Crippen LogP contribution in [0.1, 0.15) is 43.2 Å². The Kier molecular flexibility index (Phi) is 4.09. The maximum atomic E-state index is 10.0. The van der Waals surface area contributed by atoms with E-state index in [0.717, 1.165) is 37.4 Å². The summed E-state index contributed by atoms with van der Waals surface area (Å²) in [6, 6.07) is 4.16. The zero-order chi connectivity index (χ0) is 15.0. The molecule has 0 fully saturated rings. The molecule has 0 spiro atoms. The summed E-state index contributed by atoms with van der Waals surface area (Å²) < 4.78 is 11.7. The molecule has 4 heteroatoms. The summed E-state index contributed by atoms with van der Waals surface area (Å²) >= 11 is 0. The number of hydrogen-bond donors (Lipinski definition) is 1. The normalized spacial score (nSPS) is 25.9. The summed E-state index contributed by atoms with van der Waals surface area (Å²) in [4.78, 5) is 2.35. The molecule has 2 aliphatic rings. The van der Waals surface area contributed by atoms with Crippen LogP contribution in [-0.2, 0) is 6.54 Å². The first-order valence-corrected chi connectivity index (χ1v) is 7.87. The summed E-state index contributed by atoms with van der Waals surface area (Å²) in [7, 11) is 3.85. The Hall–Kier alpha value is -1.26. The van der Waals surface area contributed by atoms with E-state index in [0.29, 0.717) is 12.3 Å². The van der Waals surface area contributed by atoms with Crippen LogP contribution in [0.2, 0.25) is 0 Å². The minimum Gasteiger partial charge on any atom is -0.493 e. The minimum atomic E-state index is -0.292. The highest BCUT2D eigenvalue weighted by molar-refractivity contribution is 5.56. The van der Waals surface area contributed by atoms with Crippen molar-refractivity contribution < 1.29 is 14.6 Å². The van der Waals surface area contributed by atoms with Gasteiger partial charge in [0, 0.05) is 24.4 Å². The molecule has 0 saturated carbocycles. The van der Waals surface area contributed by atoms with E-state index in [2.05, 4.69) is 18.0 Å². The molecule has 2 heterocycles. The van der Waals surface area contributed by atoms with Crippen LogP contribution in [0, 0.1) is 0 Å². The van der Waals surface area contributed by atoms with Crippen LogP contribution in [0.5, 0.6) is 11.5 Å². The number of nitrogens with zero attached hydrogens (tertiary/aromatic N) is 1. The van der Waals surface area contributed by atoms with Gasteiger partial charge in [-0.15, -0.1) is 0 Å². The van der Waals surface area contributed by atoms with E-state index in [9.17, 15) is 5.11 Å². The molecule has 0 radical (unpaired) electrons. The van der Waals surface area contributed by atoms with Crippen LogP contribution < -0.4 is 9.47 Å². The standard InChI is InChI=1S/C17H25NO3/c1-4-12(19)9-15-13-7-8-18(2)10-11-5-6-14(20-3)17(21-15)16(11)13/h5-6,12-13,15,19H,4,7-10H2,1-3H3/t12-,13-,15-/m0/s1.